The van der Waals surface area contributed by atoms with Gasteiger partial charge < -0.3 is 30.3 Å². The number of hydrogen-bond donors (Lipinski definition) is 3. The van der Waals surface area contributed by atoms with Gasteiger partial charge in [0.15, 0.2) is 0 Å². The van der Waals surface area contributed by atoms with Crippen LogP contribution in [-0.4, -0.2) is 82.1 Å². The number of benzene rings is 1. The summed E-state index contributed by atoms with van der Waals surface area (Å²) in [5.41, 5.74) is 0.856. The second kappa shape index (κ2) is 14.2. The van der Waals surface area contributed by atoms with Gasteiger partial charge in [-0.3, -0.25) is 19.2 Å². The van der Waals surface area contributed by atoms with Crippen molar-refractivity contribution in [3.05, 3.63) is 35.4 Å². The van der Waals surface area contributed by atoms with E-state index < -0.39 is 5.41 Å². The minimum atomic E-state index is -0.478. The molecule has 0 atom stereocenters. The van der Waals surface area contributed by atoms with Crippen LogP contribution in [-0.2, 0) is 30.4 Å². The predicted octanol–water partition coefficient (Wildman–Crippen LogP) is 0.316. The summed E-state index contributed by atoms with van der Waals surface area (Å²) in [4.78, 5) is 49.8. The van der Waals surface area contributed by atoms with Crippen molar-refractivity contribution in [1.29, 1.82) is 0 Å². The van der Waals surface area contributed by atoms with Gasteiger partial charge in [-0.2, -0.15) is 0 Å². The molecule has 0 spiro atoms. The number of carbonyl (C=O) groups is 4. The van der Waals surface area contributed by atoms with Gasteiger partial charge in [-0.05, 0) is 17.7 Å². The standard InChI is InChI=1S/C23H36N4O6/c1-23(2,3)22(31)26-14-17-6-8-18(9-7-17)21(30)27(12-10-24-19(28)15-32-4)13-11-25-20(29)16-33-5/h6-9H,10-16H2,1-5H3,(H,24,28)(H,25,29)(H,26,31). The smallest absolute Gasteiger partial charge is 0.253 e. The molecule has 0 saturated heterocycles. The molecule has 0 aromatic heterocycles. The van der Waals surface area contributed by atoms with Crippen LogP contribution in [0, 0.1) is 5.41 Å². The lowest BCUT2D eigenvalue weighted by molar-refractivity contribution is -0.128. The highest BCUT2D eigenvalue weighted by Crippen LogP contribution is 2.13. The van der Waals surface area contributed by atoms with Crippen molar-refractivity contribution < 1.29 is 28.7 Å². The summed E-state index contributed by atoms with van der Waals surface area (Å²) in [6.07, 6.45) is 0. The molecule has 0 bridgehead atoms. The molecule has 1 aromatic carbocycles. The highest BCUT2D eigenvalue weighted by atomic mass is 16.5. The lowest BCUT2D eigenvalue weighted by atomic mass is 9.95. The van der Waals surface area contributed by atoms with Crippen LogP contribution in [0.4, 0.5) is 0 Å². The Morgan fingerprint density at radius 1 is 0.818 bits per heavy atom. The highest BCUT2D eigenvalue weighted by molar-refractivity contribution is 5.94. The second-order valence-corrected chi connectivity index (χ2v) is 8.49. The fourth-order valence-electron chi connectivity index (χ4n) is 2.73. The summed E-state index contributed by atoms with van der Waals surface area (Å²) in [7, 11) is 2.85. The van der Waals surface area contributed by atoms with E-state index in [4.69, 9.17) is 9.47 Å². The first-order valence-electron chi connectivity index (χ1n) is 10.8. The Morgan fingerprint density at radius 2 is 1.30 bits per heavy atom. The van der Waals surface area contributed by atoms with Gasteiger partial charge in [0.05, 0.1) is 0 Å². The number of nitrogens with one attached hydrogen (secondary N) is 3. The monoisotopic (exact) mass is 464 g/mol. The Hall–Kier alpha value is -2.98. The maximum absolute atomic E-state index is 13.0. The van der Waals surface area contributed by atoms with Crippen LogP contribution in [0.3, 0.4) is 0 Å². The van der Waals surface area contributed by atoms with E-state index in [0.29, 0.717) is 12.1 Å². The molecular formula is C23H36N4O6. The van der Waals surface area contributed by atoms with Gasteiger partial charge in [0.25, 0.3) is 5.91 Å². The molecular weight excluding hydrogens is 428 g/mol. The van der Waals surface area contributed by atoms with Crippen LogP contribution < -0.4 is 16.0 Å². The zero-order chi connectivity index (χ0) is 24.9. The number of methoxy groups -OCH3 is 2. The number of amides is 4. The Bertz CT molecular complexity index is 765. The van der Waals surface area contributed by atoms with E-state index in [1.54, 1.807) is 29.2 Å². The molecule has 184 valence electrons. The predicted molar refractivity (Wildman–Crippen MR) is 123 cm³/mol. The zero-order valence-corrected chi connectivity index (χ0v) is 20.2. The minimum Gasteiger partial charge on any atom is -0.375 e. The van der Waals surface area contributed by atoms with Crippen molar-refractivity contribution >= 4 is 23.6 Å². The van der Waals surface area contributed by atoms with Crippen LogP contribution >= 0.6 is 0 Å². The van der Waals surface area contributed by atoms with Gasteiger partial charge in [-0.15, -0.1) is 0 Å². The molecule has 0 aliphatic rings. The minimum absolute atomic E-state index is 0.0557. The first-order chi connectivity index (χ1) is 15.6. The normalized spacial score (nSPS) is 10.9. The number of carbonyl (C=O) groups excluding carboxylic acids is 4. The van der Waals surface area contributed by atoms with Gasteiger partial charge in [-0.25, -0.2) is 0 Å². The van der Waals surface area contributed by atoms with E-state index in [-0.39, 0.29) is 63.0 Å². The third-order valence-corrected chi connectivity index (χ3v) is 4.58. The van der Waals surface area contributed by atoms with Crippen LogP contribution in [0.1, 0.15) is 36.7 Å². The van der Waals surface area contributed by atoms with Gasteiger partial charge in [0, 0.05) is 57.9 Å². The van der Waals surface area contributed by atoms with Gasteiger partial charge in [0.2, 0.25) is 17.7 Å². The second-order valence-electron chi connectivity index (χ2n) is 8.49. The molecule has 0 aliphatic carbocycles. The summed E-state index contributed by atoms with van der Waals surface area (Å²) in [6.45, 7) is 6.79. The zero-order valence-electron chi connectivity index (χ0n) is 20.2. The molecule has 0 heterocycles. The molecule has 3 N–H and O–H groups in total. The molecule has 1 rings (SSSR count). The molecule has 1 aromatic rings. The van der Waals surface area contributed by atoms with Crippen molar-refractivity contribution in [3.8, 4) is 0 Å². The van der Waals surface area contributed by atoms with E-state index in [0.717, 1.165) is 5.56 Å². The maximum atomic E-state index is 13.0. The number of hydrogen-bond acceptors (Lipinski definition) is 6. The fourth-order valence-corrected chi connectivity index (χ4v) is 2.73. The molecule has 33 heavy (non-hydrogen) atoms. The van der Waals surface area contributed by atoms with Crippen molar-refractivity contribution in [2.24, 2.45) is 5.41 Å². The quantitative estimate of drug-likeness (QED) is 0.386. The molecule has 0 fully saturated rings. The van der Waals surface area contributed by atoms with E-state index in [2.05, 4.69) is 16.0 Å². The number of ether oxygens (including phenoxy) is 2. The van der Waals surface area contributed by atoms with E-state index >= 15 is 0 Å². The van der Waals surface area contributed by atoms with E-state index in [9.17, 15) is 19.2 Å². The topological polar surface area (TPSA) is 126 Å². The summed E-state index contributed by atoms with van der Waals surface area (Å²) >= 11 is 0. The van der Waals surface area contributed by atoms with Crippen molar-refractivity contribution in [1.82, 2.24) is 20.9 Å². The Balaban J connectivity index is 2.75. The first kappa shape index (κ1) is 28.1. The third kappa shape index (κ3) is 10.9. The SMILES string of the molecule is COCC(=O)NCCN(CCNC(=O)COC)C(=O)c1ccc(CNC(=O)C(C)(C)C)cc1. The largest absolute Gasteiger partial charge is 0.375 e. The number of nitrogens with zero attached hydrogens (tertiary/aromatic N) is 1. The molecule has 0 radical (unpaired) electrons. The molecule has 0 aliphatic heterocycles. The summed E-state index contributed by atoms with van der Waals surface area (Å²) in [5, 5.41) is 8.24. The summed E-state index contributed by atoms with van der Waals surface area (Å²) in [5.74, 6) is -0.845. The van der Waals surface area contributed by atoms with Crippen molar-refractivity contribution in [3.63, 3.8) is 0 Å². The molecule has 0 unspecified atom stereocenters. The average Bonchev–Trinajstić information content (AvgIpc) is 2.76. The van der Waals surface area contributed by atoms with Crippen LogP contribution in [0.2, 0.25) is 0 Å². The van der Waals surface area contributed by atoms with Crippen LogP contribution in [0.25, 0.3) is 0 Å². The van der Waals surface area contributed by atoms with E-state index in [1.165, 1.54) is 14.2 Å². The average molecular weight is 465 g/mol. The lowest BCUT2D eigenvalue weighted by Gasteiger charge is -2.23. The van der Waals surface area contributed by atoms with Crippen LogP contribution in [0.5, 0.6) is 0 Å². The number of rotatable bonds is 13. The molecule has 10 nitrogen and oxygen atoms in total. The molecule has 4 amide bonds. The van der Waals surface area contributed by atoms with Crippen LogP contribution in [0.15, 0.2) is 24.3 Å². The third-order valence-electron chi connectivity index (χ3n) is 4.58. The van der Waals surface area contributed by atoms with Gasteiger partial charge in [0.1, 0.15) is 13.2 Å². The van der Waals surface area contributed by atoms with Gasteiger partial charge >= 0.3 is 0 Å². The lowest BCUT2D eigenvalue weighted by Crippen LogP contribution is -2.43. The van der Waals surface area contributed by atoms with E-state index in [1.807, 2.05) is 20.8 Å². The Kier molecular flexibility index (Phi) is 12.1. The maximum Gasteiger partial charge on any atom is 0.253 e. The summed E-state index contributed by atoms with van der Waals surface area (Å²) < 4.78 is 9.56. The first-order valence-corrected chi connectivity index (χ1v) is 10.8. The molecule has 0 saturated carbocycles. The summed E-state index contributed by atoms with van der Waals surface area (Å²) in [6, 6.07) is 6.96. The molecule has 10 heteroatoms. The Morgan fingerprint density at radius 3 is 1.73 bits per heavy atom. The Labute approximate surface area is 195 Å². The fraction of sp³-hybridized carbons (Fsp3) is 0.565. The highest BCUT2D eigenvalue weighted by Gasteiger charge is 2.21. The van der Waals surface area contributed by atoms with Crippen molar-refractivity contribution in [2.75, 3.05) is 53.6 Å². The van der Waals surface area contributed by atoms with Gasteiger partial charge in [-0.1, -0.05) is 32.9 Å². The van der Waals surface area contributed by atoms with Crippen molar-refractivity contribution in [2.45, 2.75) is 27.3 Å².